The van der Waals surface area contributed by atoms with Gasteiger partial charge in [0.05, 0.1) is 13.3 Å². The zero-order chi connectivity index (χ0) is 13.0. The van der Waals surface area contributed by atoms with Crippen molar-refractivity contribution in [3.05, 3.63) is 47.1 Å². The minimum Gasteiger partial charge on any atom is -0.497 e. The van der Waals surface area contributed by atoms with Crippen LogP contribution in [0.2, 0.25) is 5.28 Å². The molecular formula is C12H11ClFN3O. The van der Waals surface area contributed by atoms with Crippen LogP contribution < -0.4 is 10.1 Å². The van der Waals surface area contributed by atoms with E-state index in [1.807, 2.05) is 24.3 Å². The minimum absolute atomic E-state index is 0.00799. The van der Waals surface area contributed by atoms with Gasteiger partial charge in [0.15, 0.2) is 11.6 Å². The van der Waals surface area contributed by atoms with Gasteiger partial charge in [-0.05, 0) is 29.3 Å². The number of methoxy groups -OCH3 is 1. The van der Waals surface area contributed by atoms with Gasteiger partial charge in [0.2, 0.25) is 5.28 Å². The molecule has 2 rings (SSSR count). The number of anilines is 1. The van der Waals surface area contributed by atoms with Crippen LogP contribution in [0.1, 0.15) is 5.56 Å². The molecule has 0 aliphatic rings. The molecule has 1 heterocycles. The molecule has 0 bridgehead atoms. The van der Waals surface area contributed by atoms with Gasteiger partial charge in [-0.3, -0.25) is 0 Å². The summed E-state index contributed by atoms with van der Waals surface area (Å²) in [7, 11) is 1.60. The Labute approximate surface area is 109 Å². The summed E-state index contributed by atoms with van der Waals surface area (Å²) in [5, 5.41) is 2.86. The SMILES string of the molecule is COc1ccc(CNc2nc(Cl)ncc2F)cc1. The Kier molecular flexibility index (Phi) is 3.94. The fourth-order valence-electron chi connectivity index (χ4n) is 1.40. The lowest BCUT2D eigenvalue weighted by molar-refractivity contribution is 0.414. The average molecular weight is 268 g/mol. The predicted octanol–water partition coefficient (Wildman–Crippen LogP) is 2.89. The third-order valence-electron chi connectivity index (χ3n) is 2.33. The Hall–Kier alpha value is -1.88. The Bertz CT molecular complexity index is 533. The molecule has 0 fully saturated rings. The van der Waals surface area contributed by atoms with E-state index in [0.29, 0.717) is 6.54 Å². The van der Waals surface area contributed by atoms with Gasteiger partial charge in [-0.15, -0.1) is 0 Å². The summed E-state index contributed by atoms with van der Waals surface area (Å²) in [5.41, 5.74) is 0.977. The highest BCUT2D eigenvalue weighted by Gasteiger charge is 2.05. The van der Waals surface area contributed by atoms with Crippen LogP contribution in [0, 0.1) is 5.82 Å². The van der Waals surface area contributed by atoms with Crippen LogP contribution in [0.15, 0.2) is 30.5 Å². The number of hydrogen-bond donors (Lipinski definition) is 1. The molecule has 0 saturated carbocycles. The van der Waals surface area contributed by atoms with E-state index in [9.17, 15) is 4.39 Å². The molecule has 6 heteroatoms. The maximum absolute atomic E-state index is 13.3. The first kappa shape index (κ1) is 12.6. The maximum atomic E-state index is 13.3. The quantitative estimate of drug-likeness (QED) is 0.866. The van der Waals surface area contributed by atoms with Crippen LogP contribution in [-0.4, -0.2) is 17.1 Å². The van der Waals surface area contributed by atoms with Crippen molar-refractivity contribution >= 4 is 17.4 Å². The first-order valence-corrected chi connectivity index (χ1v) is 5.61. The second kappa shape index (κ2) is 5.64. The number of nitrogens with zero attached hydrogens (tertiary/aromatic N) is 2. The number of aromatic nitrogens is 2. The Morgan fingerprint density at radius 2 is 2.06 bits per heavy atom. The molecule has 0 amide bonds. The average Bonchev–Trinajstić information content (AvgIpc) is 2.40. The standard InChI is InChI=1S/C12H11ClFN3O/c1-18-9-4-2-8(3-5-9)6-15-11-10(14)7-16-12(13)17-11/h2-5,7H,6H2,1H3,(H,15,16,17). The highest BCUT2D eigenvalue weighted by Crippen LogP contribution is 2.15. The molecule has 94 valence electrons. The van der Waals surface area contributed by atoms with E-state index in [4.69, 9.17) is 16.3 Å². The molecule has 0 atom stereocenters. The number of benzene rings is 1. The fourth-order valence-corrected chi connectivity index (χ4v) is 1.53. The predicted molar refractivity (Wildman–Crippen MR) is 67.3 cm³/mol. The number of rotatable bonds is 4. The third-order valence-corrected chi connectivity index (χ3v) is 2.52. The zero-order valence-corrected chi connectivity index (χ0v) is 10.4. The lowest BCUT2D eigenvalue weighted by Gasteiger charge is -2.07. The number of halogens is 2. The van der Waals surface area contributed by atoms with Gasteiger partial charge in [-0.1, -0.05) is 12.1 Å². The van der Waals surface area contributed by atoms with Crippen LogP contribution in [0.5, 0.6) is 5.75 Å². The number of hydrogen-bond acceptors (Lipinski definition) is 4. The monoisotopic (exact) mass is 267 g/mol. The number of ether oxygens (including phenoxy) is 1. The third kappa shape index (κ3) is 3.07. The normalized spacial score (nSPS) is 10.2. The van der Waals surface area contributed by atoms with Crippen molar-refractivity contribution in [2.45, 2.75) is 6.54 Å². The molecule has 1 N–H and O–H groups in total. The zero-order valence-electron chi connectivity index (χ0n) is 9.65. The molecule has 18 heavy (non-hydrogen) atoms. The summed E-state index contributed by atoms with van der Waals surface area (Å²) < 4.78 is 18.4. The molecule has 4 nitrogen and oxygen atoms in total. The second-order valence-corrected chi connectivity index (χ2v) is 3.88. The van der Waals surface area contributed by atoms with Crippen LogP contribution >= 0.6 is 11.6 Å². The van der Waals surface area contributed by atoms with Crippen molar-refractivity contribution in [3.8, 4) is 5.75 Å². The first-order chi connectivity index (χ1) is 8.69. The van der Waals surface area contributed by atoms with Gasteiger partial charge in [0, 0.05) is 6.54 Å². The lowest BCUT2D eigenvalue weighted by Crippen LogP contribution is -2.04. The van der Waals surface area contributed by atoms with Gasteiger partial charge in [0.1, 0.15) is 5.75 Å². The molecule has 1 aromatic heterocycles. The van der Waals surface area contributed by atoms with E-state index in [1.165, 1.54) is 0 Å². The van der Waals surface area contributed by atoms with E-state index in [-0.39, 0.29) is 11.1 Å². The van der Waals surface area contributed by atoms with Crippen molar-refractivity contribution in [1.29, 1.82) is 0 Å². The van der Waals surface area contributed by atoms with Crippen molar-refractivity contribution < 1.29 is 9.13 Å². The smallest absolute Gasteiger partial charge is 0.224 e. The van der Waals surface area contributed by atoms with Crippen molar-refractivity contribution in [2.24, 2.45) is 0 Å². The van der Waals surface area contributed by atoms with E-state index >= 15 is 0 Å². The van der Waals surface area contributed by atoms with Crippen LogP contribution in [0.3, 0.4) is 0 Å². The summed E-state index contributed by atoms with van der Waals surface area (Å²) in [5.74, 6) is 0.328. The molecular weight excluding hydrogens is 257 g/mol. The van der Waals surface area contributed by atoms with Crippen LogP contribution in [-0.2, 0) is 6.54 Å². The summed E-state index contributed by atoms with van der Waals surface area (Å²) in [6, 6.07) is 7.43. The van der Waals surface area contributed by atoms with Crippen molar-refractivity contribution in [1.82, 2.24) is 9.97 Å². The molecule has 0 aliphatic heterocycles. The highest BCUT2D eigenvalue weighted by atomic mass is 35.5. The van der Waals surface area contributed by atoms with Gasteiger partial charge in [-0.25, -0.2) is 9.37 Å². The topological polar surface area (TPSA) is 47.0 Å². The Balaban J connectivity index is 2.04. The molecule has 0 radical (unpaired) electrons. The van der Waals surface area contributed by atoms with Crippen LogP contribution in [0.25, 0.3) is 0 Å². The van der Waals surface area contributed by atoms with Crippen molar-refractivity contribution in [3.63, 3.8) is 0 Å². The lowest BCUT2D eigenvalue weighted by atomic mass is 10.2. The molecule has 0 aliphatic carbocycles. The molecule has 0 saturated heterocycles. The van der Waals surface area contributed by atoms with Gasteiger partial charge in [-0.2, -0.15) is 4.98 Å². The largest absolute Gasteiger partial charge is 0.497 e. The number of nitrogens with one attached hydrogen (secondary N) is 1. The summed E-state index contributed by atoms with van der Waals surface area (Å²) >= 11 is 5.59. The van der Waals surface area contributed by atoms with E-state index in [0.717, 1.165) is 17.5 Å². The van der Waals surface area contributed by atoms with Gasteiger partial charge >= 0.3 is 0 Å². The Morgan fingerprint density at radius 3 is 2.72 bits per heavy atom. The van der Waals surface area contributed by atoms with Crippen molar-refractivity contribution in [2.75, 3.05) is 12.4 Å². The molecule has 2 aromatic rings. The fraction of sp³-hybridized carbons (Fsp3) is 0.167. The highest BCUT2D eigenvalue weighted by molar-refractivity contribution is 6.28. The molecule has 1 aromatic carbocycles. The van der Waals surface area contributed by atoms with Gasteiger partial charge < -0.3 is 10.1 Å². The molecule has 0 unspecified atom stereocenters. The van der Waals surface area contributed by atoms with E-state index in [1.54, 1.807) is 7.11 Å². The van der Waals surface area contributed by atoms with Crippen LogP contribution in [0.4, 0.5) is 10.2 Å². The summed E-state index contributed by atoms with van der Waals surface area (Å²) in [6.07, 6.45) is 1.03. The summed E-state index contributed by atoms with van der Waals surface area (Å²) in [4.78, 5) is 7.30. The van der Waals surface area contributed by atoms with E-state index in [2.05, 4.69) is 15.3 Å². The van der Waals surface area contributed by atoms with Gasteiger partial charge in [0.25, 0.3) is 0 Å². The second-order valence-electron chi connectivity index (χ2n) is 3.54. The Morgan fingerprint density at radius 1 is 1.33 bits per heavy atom. The summed E-state index contributed by atoms with van der Waals surface area (Å²) in [6.45, 7) is 0.439. The first-order valence-electron chi connectivity index (χ1n) is 5.24. The molecule has 0 spiro atoms. The minimum atomic E-state index is -0.534. The van der Waals surface area contributed by atoms with E-state index < -0.39 is 5.82 Å². The maximum Gasteiger partial charge on any atom is 0.224 e.